The molecule has 2 nitrogen and oxygen atoms in total. The van der Waals surface area contributed by atoms with Crippen molar-refractivity contribution in [1.82, 2.24) is 0 Å². The van der Waals surface area contributed by atoms with Crippen molar-refractivity contribution in [1.29, 1.82) is 0 Å². The Kier molecular flexibility index (Phi) is 6.20. The summed E-state index contributed by atoms with van der Waals surface area (Å²) in [6.45, 7) is 3.88. The van der Waals surface area contributed by atoms with Crippen LogP contribution in [0.4, 0.5) is 0 Å². The number of unbranched alkanes of at least 4 members (excludes halogenated alkanes) is 2. The van der Waals surface area contributed by atoms with Crippen LogP contribution < -0.4 is 5.73 Å². The molecule has 0 amide bonds. The molecule has 1 aliphatic carbocycles. The Labute approximate surface area is 88.2 Å². The van der Waals surface area contributed by atoms with E-state index < -0.39 is 0 Å². The Morgan fingerprint density at radius 2 is 2.00 bits per heavy atom. The van der Waals surface area contributed by atoms with Crippen molar-refractivity contribution >= 4 is 0 Å². The molecule has 1 unspecified atom stereocenters. The maximum absolute atomic E-state index is 6.07. The van der Waals surface area contributed by atoms with Gasteiger partial charge in [0, 0.05) is 12.6 Å². The molecule has 0 aliphatic heterocycles. The third-order valence-corrected chi connectivity index (χ3v) is 3.21. The second-order valence-electron chi connectivity index (χ2n) is 4.49. The maximum Gasteiger partial charge on any atom is 0.0620 e. The molecule has 1 rings (SSSR count). The Morgan fingerprint density at radius 1 is 1.29 bits per heavy atom. The van der Waals surface area contributed by atoms with Gasteiger partial charge in [-0.05, 0) is 25.2 Å². The van der Waals surface area contributed by atoms with E-state index in [1.807, 2.05) is 0 Å². The van der Waals surface area contributed by atoms with Gasteiger partial charge in [-0.2, -0.15) is 0 Å². The molecule has 14 heavy (non-hydrogen) atoms. The van der Waals surface area contributed by atoms with E-state index in [0.29, 0.717) is 6.04 Å². The van der Waals surface area contributed by atoms with E-state index in [0.717, 1.165) is 19.1 Å². The third kappa shape index (κ3) is 4.43. The molecule has 0 radical (unpaired) electrons. The fourth-order valence-corrected chi connectivity index (χ4v) is 2.20. The van der Waals surface area contributed by atoms with E-state index in [9.17, 15) is 0 Å². The molecule has 2 N–H and O–H groups in total. The lowest BCUT2D eigenvalue weighted by molar-refractivity contribution is 0.103. The largest absolute Gasteiger partial charge is 0.380 e. The highest BCUT2D eigenvalue weighted by molar-refractivity contribution is 4.77. The van der Waals surface area contributed by atoms with Crippen LogP contribution in [-0.4, -0.2) is 19.3 Å². The molecule has 0 aromatic carbocycles. The maximum atomic E-state index is 6.07. The zero-order chi connectivity index (χ0) is 10.2. The Bertz CT molecular complexity index is 132. The summed E-state index contributed by atoms with van der Waals surface area (Å²) in [6.07, 6.45) is 9.10. The van der Waals surface area contributed by atoms with Crippen LogP contribution in [0.15, 0.2) is 0 Å². The second kappa shape index (κ2) is 7.24. The first-order chi connectivity index (χ1) is 6.84. The van der Waals surface area contributed by atoms with Gasteiger partial charge < -0.3 is 10.5 Å². The van der Waals surface area contributed by atoms with Gasteiger partial charge >= 0.3 is 0 Å². The Balaban J connectivity index is 1.94. The highest BCUT2D eigenvalue weighted by atomic mass is 16.5. The minimum atomic E-state index is 0.291. The summed E-state index contributed by atoms with van der Waals surface area (Å²) in [5.74, 6) is 0.737. The molecule has 0 heterocycles. The van der Waals surface area contributed by atoms with Crippen molar-refractivity contribution in [3.05, 3.63) is 0 Å². The number of ether oxygens (including phenoxy) is 1. The van der Waals surface area contributed by atoms with Crippen molar-refractivity contribution in [2.24, 2.45) is 11.7 Å². The first-order valence-electron chi connectivity index (χ1n) is 6.18. The third-order valence-electron chi connectivity index (χ3n) is 3.21. The summed E-state index contributed by atoms with van der Waals surface area (Å²) in [6, 6.07) is 0.291. The molecular formula is C12H25NO. The highest BCUT2D eigenvalue weighted by Gasteiger charge is 2.21. The molecule has 2 heteroatoms. The lowest BCUT2D eigenvalue weighted by Gasteiger charge is -2.18. The fraction of sp³-hybridized carbons (Fsp3) is 1.00. The van der Waals surface area contributed by atoms with Gasteiger partial charge in [0.05, 0.1) is 6.61 Å². The molecule has 0 aromatic heterocycles. The van der Waals surface area contributed by atoms with E-state index in [1.54, 1.807) is 0 Å². The van der Waals surface area contributed by atoms with Crippen LogP contribution in [0, 0.1) is 5.92 Å². The summed E-state index contributed by atoms with van der Waals surface area (Å²) in [5, 5.41) is 0. The second-order valence-corrected chi connectivity index (χ2v) is 4.49. The summed E-state index contributed by atoms with van der Waals surface area (Å²) in [5.41, 5.74) is 6.07. The van der Waals surface area contributed by atoms with Gasteiger partial charge in [0.25, 0.3) is 0 Å². The van der Waals surface area contributed by atoms with E-state index in [2.05, 4.69) is 6.92 Å². The monoisotopic (exact) mass is 199 g/mol. The minimum absolute atomic E-state index is 0.291. The molecule has 84 valence electrons. The van der Waals surface area contributed by atoms with Crippen molar-refractivity contribution in [2.75, 3.05) is 13.2 Å². The molecule has 1 fully saturated rings. The molecule has 0 aromatic rings. The lowest BCUT2D eigenvalue weighted by Crippen LogP contribution is -2.33. The number of hydrogen-bond acceptors (Lipinski definition) is 2. The SMILES string of the molecule is CCCCCOCC(N)C1CCCC1. The van der Waals surface area contributed by atoms with Gasteiger partial charge in [0.2, 0.25) is 0 Å². The Hall–Kier alpha value is -0.0800. The number of hydrogen-bond donors (Lipinski definition) is 1. The Morgan fingerprint density at radius 3 is 2.64 bits per heavy atom. The van der Waals surface area contributed by atoms with Gasteiger partial charge in [-0.1, -0.05) is 32.6 Å². The highest BCUT2D eigenvalue weighted by Crippen LogP contribution is 2.26. The van der Waals surface area contributed by atoms with Crippen molar-refractivity contribution < 1.29 is 4.74 Å². The smallest absolute Gasteiger partial charge is 0.0620 e. The average molecular weight is 199 g/mol. The topological polar surface area (TPSA) is 35.2 Å². The van der Waals surface area contributed by atoms with Gasteiger partial charge in [-0.25, -0.2) is 0 Å². The molecule has 0 spiro atoms. The average Bonchev–Trinajstić information content (AvgIpc) is 2.70. The van der Waals surface area contributed by atoms with Gasteiger partial charge in [-0.15, -0.1) is 0 Å². The first-order valence-corrected chi connectivity index (χ1v) is 6.18. The zero-order valence-electron chi connectivity index (χ0n) is 9.50. The fourth-order valence-electron chi connectivity index (χ4n) is 2.20. The summed E-state index contributed by atoms with van der Waals surface area (Å²) in [4.78, 5) is 0. The minimum Gasteiger partial charge on any atom is -0.380 e. The normalized spacial score (nSPS) is 20.1. The summed E-state index contributed by atoms with van der Waals surface area (Å²) in [7, 11) is 0. The van der Waals surface area contributed by atoms with Crippen LogP contribution in [0.25, 0.3) is 0 Å². The van der Waals surface area contributed by atoms with Crippen molar-refractivity contribution in [3.8, 4) is 0 Å². The van der Waals surface area contributed by atoms with Crippen molar-refractivity contribution in [3.63, 3.8) is 0 Å². The summed E-state index contributed by atoms with van der Waals surface area (Å²) < 4.78 is 5.58. The van der Waals surface area contributed by atoms with E-state index in [4.69, 9.17) is 10.5 Å². The van der Waals surface area contributed by atoms with Crippen LogP contribution >= 0.6 is 0 Å². The van der Waals surface area contributed by atoms with E-state index in [-0.39, 0.29) is 0 Å². The molecule has 0 saturated heterocycles. The van der Waals surface area contributed by atoms with Crippen LogP contribution in [0.1, 0.15) is 51.9 Å². The lowest BCUT2D eigenvalue weighted by atomic mass is 10.00. The first kappa shape index (κ1) is 12.0. The van der Waals surface area contributed by atoms with Crippen LogP contribution in [0.2, 0.25) is 0 Å². The molecule has 1 aliphatic rings. The molecule has 1 saturated carbocycles. The number of nitrogens with two attached hydrogens (primary N) is 1. The predicted molar refractivity (Wildman–Crippen MR) is 60.3 cm³/mol. The quantitative estimate of drug-likeness (QED) is 0.640. The van der Waals surface area contributed by atoms with Crippen LogP contribution in [0.3, 0.4) is 0 Å². The summed E-state index contributed by atoms with van der Waals surface area (Å²) >= 11 is 0. The van der Waals surface area contributed by atoms with Crippen molar-refractivity contribution in [2.45, 2.75) is 57.9 Å². The van der Waals surface area contributed by atoms with Gasteiger partial charge in [0.15, 0.2) is 0 Å². The van der Waals surface area contributed by atoms with Crippen LogP contribution in [-0.2, 0) is 4.74 Å². The van der Waals surface area contributed by atoms with Gasteiger partial charge in [-0.3, -0.25) is 0 Å². The zero-order valence-corrected chi connectivity index (χ0v) is 9.50. The van der Waals surface area contributed by atoms with Gasteiger partial charge in [0.1, 0.15) is 0 Å². The van der Waals surface area contributed by atoms with E-state index in [1.165, 1.54) is 44.9 Å². The molecular weight excluding hydrogens is 174 g/mol. The predicted octanol–water partition coefficient (Wildman–Crippen LogP) is 2.71. The molecule has 1 atom stereocenters. The standard InChI is InChI=1S/C12H25NO/c1-2-3-6-9-14-10-12(13)11-7-4-5-8-11/h11-12H,2-10,13H2,1H3. The van der Waals surface area contributed by atoms with Crippen LogP contribution in [0.5, 0.6) is 0 Å². The molecule has 0 bridgehead atoms. The number of rotatable bonds is 7. The van der Waals surface area contributed by atoms with E-state index >= 15 is 0 Å².